The summed E-state index contributed by atoms with van der Waals surface area (Å²) in [6, 6.07) is 11.1. The Bertz CT molecular complexity index is 713. The average Bonchev–Trinajstić information content (AvgIpc) is 2.58. The fourth-order valence-electron chi connectivity index (χ4n) is 1.87. The van der Waals surface area contributed by atoms with E-state index in [0.717, 1.165) is 10.0 Å². The van der Waals surface area contributed by atoms with Gasteiger partial charge in [0.05, 0.1) is 7.11 Å². The molecule has 0 heterocycles. The molecule has 0 spiro atoms. The number of rotatable bonds is 7. The summed E-state index contributed by atoms with van der Waals surface area (Å²) in [5.74, 6) is 0.352. The maximum atomic E-state index is 12.7. The van der Waals surface area contributed by atoms with Gasteiger partial charge in [0.1, 0.15) is 30.5 Å². The van der Waals surface area contributed by atoms with E-state index in [1.807, 2.05) is 12.1 Å². The molecule has 0 aliphatic rings. The van der Waals surface area contributed by atoms with Crippen molar-refractivity contribution in [1.82, 2.24) is 0 Å². The van der Waals surface area contributed by atoms with Gasteiger partial charge in [-0.1, -0.05) is 15.9 Å². The van der Waals surface area contributed by atoms with Crippen molar-refractivity contribution >= 4 is 28.0 Å². The summed E-state index contributed by atoms with van der Waals surface area (Å²) in [7, 11) is 1.56. The van der Waals surface area contributed by atoms with Crippen LogP contribution in [0.4, 0.5) is 4.39 Å². The molecule has 0 bridgehead atoms. The van der Waals surface area contributed by atoms with E-state index in [1.165, 1.54) is 30.3 Å². The molecular weight excluding hydrogens is 379 g/mol. The Morgan fingerprint density at radius 3 is 2.62 bits per heavy atom. The van der Waals surface area contributed by atoms with Gasteiger partial charge in [0, 0.05) is 16.1 Å². The van der Waals surface area contributed by atoms with Crippen LogP contribution in [0.5, 0.6) is 11.5 Å². The highest BCUT2D eigenvalue weighted by Crippen LogP contribution is 2.24. The molecule has 0 N–H and O–H groups in total. The van der Waals surface area contributed by atoms with Gasteiger partial charge in [-0.3, -0.25) is 0 Å². The number of methoxy groups -OCH3 is 1. The third-order valence-corrected chi connectivity index (χ3v) is 3.49. The number of carbonyl (C=O) groups is 1. The van der Waals surface area contributed by atoms with E-state index >= 15 is 0 Å². The van der Waals surface area contributed by atoms with Crippen LogP contribution in [0, 0.1) is 5.82 Å². The number of hydrogen-bond donors (Lipinski definition) is 0. The summed E-state index contributed by atoms with van der Waals surface area (Å²) in [5.41, 5.74) is 0.756. The molecule has 0 aromatic heterocycles. The van der Waals surface area contributed by atoms with Gasteiger partial charge in [-0.05, 0) is 48.5 Å². The molecule has 6 heteroatoms. The van der Waals surface area contributed by atoms with E-state index < -0.39 is 5.97 Å². The van der Waals surface area contributed by atoms with Crippen molar-refractivity contribution < 1.29 is 23.4 Å². The van der Waals surface area contributed by atoms with E-state index in [2.05, 4.69) is 15.9 Å². The predicted molar refractivity (Wildman–Crippen MR) is 92.6 cm³/mol. The summed E-state index contributed by atoms with van der Waals surface area (Å²) < 4.78 is 29.2. The highest BCUT2D eigenvalue weighted by Gasteiger charge is 2.03. The summed E-state index contributed by atoms with van der Waals surface area (Å²) in [5, 5.41) is 0. The third kappa shape index (κ3) is 5.70. The van der Waals surface area contributed by atoms with Gasteiger partial charge in [-0.15, -0.1) is 0 Å². The van der Waals surface area contributed by atoms with E-state index in [4.69, 9.17) is 14.2 Å². The zero-order chi connectivity index (χ0) is 17.4. The summed E-state index contributed by atoms with van der Waals surface area (Å²) in [4.78, 5) is 11.7. The van der Waals surface area contributed by atoms with Gasteiger partial charge in [0.25, 0.3) is 0 Å². The van der Waals surface area contributed by atoms with Gasteiger partial charge in [-0.25, -0.2) is 9.18 Å². The molecule has 4 nitrogen and oxygen atoms in total. The quantitative estimate of drug-likeness (QED) is 0.400. The molecule has 0 saturated carbocycles. The molecule has 24 heavy (non-hydrogen) atoms. The van der Waals surface area contributed by atoms with Crippen LogP contribution in [0.2, 0.25) is 0 Å². The maximum absolute atomic E-state index is 12.7. The lowest BCUT2D eigenvalue weighted by molar-refractivity contribution is -0.138. The van der Waals surface area contributed by atoms with E-state index in [0.29, 0.717) is 11.5 Å². The molecule has 2 aromatic carbocycles. The Morgan fingerprint density at radius 1 is 1.17 bits per heavy atom. The Kier molecular flexibility index (Phi) is 6.81. The van der Waals surface area contributed by atoms with Crippen LogP contribution in [-0.2, 0) is 9.53 Å². The molecule has 0 atom stereocenters. The molecule has 0 aliphatic heterocycles. The summed E-state index contributed by atoms with van der Waals surface area (Å²) >= 11 is 3.36. The first kappa shape index (κ1) is 18.0. The Balaban J connectivity index is 1.79. The summed E-state index contributed by atoms with van der Waals surface area (Å²) in [6.45, 7) is 0.279. The van der Waals surface area contributed by atoms with Crippen LogP contribution in [0.1, 0.15) is 5.56 Å². The van der Waals surface area contributed by atoms with Gasteiger partial charge < -0.3 is 14.2 Å². The molecule has 0 aliphatic carbocycles. The average molecular weight is 395 g/mol. The molecule has 126 valence electrons. The van der Waals surface area contributed by atoms with E-state index in [1.54, 1.807) is 19.3 Å². The van der Waals surface area contributed by atoms with Gasteiger partial charge in [0.15, 0.2) is 0 Å². The van der Waals surface area contributed by atoms with Gasteiger partial charge in [-0.2, -0.15) is 0 Å². The third-order valence-electron chi connectivity index (χ3n) is 3.00. The van der Waals surface area contributed by atoms with Crippen LogP contribution < -0.4 is 9.47 Å². The lowest BCUT2D eigenvalue weighted by Gasteiger charge is -2.06. The highest BCUT2D eigenvalue weighted by molar-refractivity contribution is 9.10. The zero-order valence-electron chi connectivity index (χ0n) is 13.0. The van der Waals surface area contributed by atoms with E-state index in [-0.39, 0.29) is 19.0 Å². The fraction of sp³-hybridized carbons (Fsp3) is 0.167. The van der Waals surface area contributed by atoms with Gasteiger partial charge >= 0.3 is 5.97 Å². The fourth-order valence-corrected chi connectivity index (χ4v) is 2.25. The lowest BCUT2D eigenvalue weighted by Crippen LogP contribution is -2.10. The number of esters is 1. The SMILES string of the molecule is COc1ccc(Br)cc1/C=C/C(=O)OCCOc1ccc(F)cc1. The van der Waals surface area contributed by atoms with Gasteiger partial charge in [0.2, 0.25) is 0 Å². The monoisotopic (exact) mass is 394 g/mol. The first-order valence-corrected chi connectivity index (χ1v) is 7.94. The number of benzene rings is 2. The summed E-state index contributed by atoms with van der Waals surface area (Å²) in [6.07, 6.45) is 2.94. The molecular formula is C18H16BrFO4. The van der Waals surface area contributed by atoms with Crippen LogP contribution in [-0.4, -0.2) is 26.3 Å². The van der Waals surface area contributed by atoms with Crippen molar-refractivity contribution in [2.75, 3.05) is 20.3 Å². The lowest BCUT2D eigenvalue weighted by atomic mass is 10.2. The first-order chi connectivity index (χ1) is 11.6. The Hall–Kier alpha value is -2.34. The molecule has 0 unspecified atom stereocenters. The van der Waals surface area contributed by atoms with Crippen molar-refractivity contribution in [3.8, 4) is 11.5 Å². The van der Waals surface area contributed by atoms with Crippen molar-refractivity contribution in [3.05, 3.63) is 64.4 Å². The smallest absolute Gasteiger partial charge is 0.330 e. The zero-order valence-corrected chi connectivity index (χ0v) is 14.6. The van der Waals surface area contributed by atoms with Crippen LogP contribution in [0.15, 0.2) is 53.0 Å². The number of carbonyl (C=O) groups excluding carboxylic acids is 1. The Morgan fingerprint density at radius 2 is 1.92 bits per heavy atom. The first-order valence-electron chi connectivity index (χ1n) is 7.15. The number of hydrogen-bond acceptors (Lipinski definition) is 4. The molecule has 2 aromatic rings. The largest absolute Gasteiger partial charge is 0.496 e. The minimum Gasteiger partial charge on any atom is -0.496 e. The topological polar surface area (TPSA) is 44.8 Å². The minimum atomic E-state index is -0.486. The predicted octanol–water partition coefficient (Wildman–Crippen LogP) is 4.23. The van der Waals surface area contributed by atoms with Crippen molar-refractivity contribution in [3.63, 3.8) is 0 Å². The van der Waals surface area contributed by atoms with Crippen molar-refractivity contribution in [2.24, 2.45) is 0 Å². The second kappa shape index (κ2) is 9.08. The van der Waals surface area contributed by atoms with Crippen LogP contribution in [0.25, 0.3) is 6.08 Å². The standard InChI is InChI=1S/C18H16BrFO4/c1-22-17-8-3-14(19)12-13(17)2-9-18(21)24-11-10-23-16-6-4-15(20)5-7-16/h2-9,12H,10-11H2,1H3/b9-2+. The maximum Gasteiger partial charge on any atom is 0.330 e. The van der Waals surface area contributed by atoms with Crippen molar-refractivity contribution in [2.45, 2.75) is 0 Å². The molecule has 0 amide bonds. The second-order valence-corrected chi connectivity index (χ2v) is 5.61. The molecule has 0 fully saturated rings. The number of ether oxygens (including phenoxy) is 3. The van der Waals surface area contributed by atoms with Crippen LogP contribution >= 0.6 is 15.9 Å². The van der Waals surface area contributed by atoms with Crippen LogP contribution in [0.3, 0.4) is 0 Å². The second-order valence-electron chi connectivity index (χ2n) is 4.69. The normalized spacial score (nSPS) is 10.6. The molecule has 0 radical (unpaired) electrons. The minimum absolute atomic E-state index is 0.0934. The number of halogens is 2. The van der Waals surface area contributed by atoms with Crippen molar-refractivity contribution in [1.29, 1.82) is 0 Å². The molecule has 2 rings (SSSR count). The Labute approximate surface area is 148 Å². The highest BCUT2D eigenvalue weighted by atomic mass is 79.9. The van der Waals surface area contributed by atoms with E-state index in [9.17, 15) is 9.18 Å². The molecule has 0 saturated heterocycles.